The molecule has 1 aromatic carbocycles. The minimum atomic E-state index is -6.37. The van der Waals surface area contributed by atoms with Crippen molar-refractivity contribution in [1.29, 1.82) is 0 Å². The van der Waals surface area contributed by atoms with Crippen molar-refractivity contribution < 1.29 is 54.1 Å². The second-order valence-electron chi connectivity index (χ2n) is 9.54. The highest BCUT2D eigenvalue weighted by molar-refractivity contribution is 5.37. The lowest BCUT2D eigenvalue weighted by Gasteiger charge is -2.33. The van der Waals surface area contributed by atoms with E-state index in [9.17, 15) is 43.9 Å². The Morgan fingerprint density at radius 3 is 1.15 bits per heavy atom. The fourth-order valence-corrected chi connectivity index (χ4v) is 2.96. The van der Waals surface area contributed by atoms with Crippen LogP contribution in [0.3, 0.4) is 0 Å². The molecule has 3 N–H and O–H groups in total. The number of halogens is 10. The lowest BCUT2D eigenvalue weighted by Crippen LogP contribution is -2.54. The highest BCUT2D eigenvalue weighted by atomic mass is 19.4. The number of rotatable bonds is 2. The molecule has 13 heteroatoms. The normalized spacial score (nSPS) is 16.1. The Morgan fingerprint density at radius 1 is 0.576 bits per heavy atom. The molecule has 0 radical (unpaired) electrons. The molecule has 0 aromatic heterocycles. The molecular formula is C20H27F10NO2. The summed E-state index contributed by atoms with van der Waals surface area (Å²) in [7, 11) is 0. The molecule has 1 atom stereocenters. The van der Waals surface area contributed by atoms with Crippen LogP contribution >= 0.6 is 0 Å². The van der Waals surface area contributed by atoms with Crippen molar-refractivity contribution in [2.45, 2.75) is 89.5 Å². The minimum Gasteiger partial charge on any atom is -0.369 e. The highest BCUT2D eigenvalue weighted by Gasteiger charge is 2.71. The van der Waals surface area contributed by atoms with Gasteiger partial charge in [-0.3, -0.25) is 0 Å². The van der Waals surface area contributed by atoms with Crippen molar-refractivity contribution in [1.82, 2.24) is 5.32 Å². The number of aryl methyl sites for hydroxylation is 1. The number of nitrogens with one attached hydrogen (secondary N) is 1. The van der Waals surface area contributed by atoms with Gasteiger partial charge in [-0.2, -0.15) is 43.9 Å². The first-order valence-electron chi connectivity index (χ1n) is 9.32. The molecule has 1 rings (SSSR count). The van der Waals surface area contributed by atoms with E-state index in [4.69, 9.17) is 10.2 Å². The van der Waals surface area contributed by atoms with Crippen LogP contribution < -0.4 is 5.32 Å². The molecular weight excluding hydrogens is 476 g/mol. The Hall–Kier alpha value is -1.60. The van der Waals surface area contributed by atoms with Crippen molar-refractivity contribution in [3.8, 4) is 0 Å². The average molecular weight is 503 g/mol. The van der Waals surface area contributed by atoms with E-state index in [1.165, 1.54) is 0 Å². The summed E-state index contributed by atoms with van der Waals surface area (Å²) in [4.78, 5) is 0. The molecule has 0 spiro atoms. The van der Waals surface area contributed by atoms with E-state index in [2.05, 4.69) is 46.9 Å². The third-order valence-corrected chi connectivity index (χ3v) is 3.82. The van der Waals surface area contributed by atoms with Crippen LogP contribution in [0.25, 0.3) is 0 Å². The Labute approximate surface area is 184 Å². The van der Waals surface area contributed by atoms with Crippen LogP contribution in [0.4, 0.5) is 43.9 Å². The molecule has 0 aliphatic carbocycles. The first kappa shape index (κ1) is 31.4. The van der Waals surface area contributed by atoms with Gasteiger partial charge in [0.2, 0.25) is 0 Å². The van der Waals surface area contributed by atoms with Gasteiger partial charge in [0.15, 0.2) is 0 Å². The number of alkyl halides is 10. The van der Waals surface area contributed by atoms with Crippen LogP contribution in [-0.2, 0) is 11.5 Å². The molecule has 0 saturated carbocycles. The molecule has 0 saturated heterocycles. The van der Waals surface area contributed by atoms with E-state index < -0.39 is 52.7 Å². The molecule has 0 heterocycles. The van der Waals surface area contributed by atoms with E-state index in [-0.39, 0.29) is 23.2 Å². The van der Waals surface area contributed by atoms with Gasteiger partial charge in [0, 0.05) is 22.2 Å². The van der Waals surface area contributed by atoms with Gasteiger partial charge in [-0.1, -0.05) is 17.7 Å². The molecule has 1 aromatic rings. The second-order valence-corrected chi connectivity index (χ2v) is 9.54. The summed E-state index contributed by atoms with van der Waals surface area (Å²) >= 11 is 0. The van der Waals surface area contributed by atoms with Gasteiger partial charge < -0.3 is 15.5 Å². The zero-order valence-corrected chi connectivity index (χ0v) is 18.9. The van der Waals surface area contributed by atoms with Gasteiger partial charge in [-0.05, 0) is 54.5 Å². The molecule has 0 amide bonds. The first-order valence-corrected chi connectivity index (χ1v) is 9.32. The summed E-state index contributed by atoms with van der Waals surface area (Å²) in [6.07, 6.45) is -18.8. The standard InChI is InChI=1S/C12H8F10O2.C8H19N/c1-5-2-6(8(23,10(14,15)16)11(17,18)19)4-7(3-5)9(13,24)12(20,21)22;1-7(2,3)9-8(4,5)6/h2-4,23-24H,1H3;9H,1-6H3. The summed E-state index contributed by atoms with van der Waals surface area (Å²) in [5, 5.41) is 21.4. The summed E-state index contributed by atoms with van der Waals surface area (Å²) in [5.74, 6) is -5.22. The van der Waals surface area contributed by atoms with E-state index >= 15 is 0 Å². The SMILES string of the molecule is CC(C)(C)NC(C)(C)C.Cc1cc(C(O)(F)C(F)(F)F)cc(C(O)(C(F)(F)F)C(F)(F)F)c1. The van der Waals surface area contributed by atoms with Crippen molar-refractivity contribution >= 4 is 0 Å². The molecule has 0 fully saturated rings. The summed E-state index contributed by atoms with van der Waals surface area (Å²) in [6.45, 7) is 13.8. The maximum atomic E-state index is 13.5. The highest BCUT2D eigenvalue weighted by Crippen LogP contribution is 2.51. The number of hydrogen-bond acceptors (Lipinski definition) is 3. The molecule has 3 nitrogen and oxygen atoms in total. The van der Waals surface area contributed by atoms with Crippen molar-refractivity contribution in [2.24, 2.45) is 0 Å². The fraction of sp³-hybridized carbons (Fsp3) is 0.700. The monoisotopic (exact) mass is 503 g/mol. The Bertz CT molecular complexity index is 772. The summed E-state index contributed by atoms with van der Waals surface area (Å²) in [5.41, 5.74) is -9.82. The Balaban J connectivity index is 0.000000960. The van der Waals surface area contributed by atoms with Gasteiger partial charge in [0.1, 0.15) is 0 Å². The van der Waals surface area contributed by atoms with Gasteiger partial charge in [-0.25, -0.2) is 0 Å². The van der Waals surface area contributed by atoms with Crippen LogP contribution in [-0.4, -0.2) is 39.8 Å². The molecule has 0 bridgehead atoms. The van der Waals surface area contributed by atoms with Crippen LogP contribution in [0, 0.1) is 6.92 Å². The smallest absolute Gasteiger partial charge is 0.369 e. The third kappa shape index (κ3) is 7.99. The Kier molecular flexibility index (Phi) is 8.77. The van der Waals surface area contributed by atoms with Crippen LogP contribution in [0.5, 0.6) is 0 Å². The summed E-state index contributed by atoms with van der Waals surface area (Å²) in [6, 6.07) is -0.261. The predicted molar refractivity (Wildman–Crippen MR) is 101 cm³/mol. The van der Waals surface area contributed by atoms with E-state index in [0.717, 1.165) is 6.92 Å². The van der Waals surface area contributed by atoms with Crippen LogP contribution in [0.1, 0.15) is 58.2 Å². The zero-order chi connectivity index (χ0) is 27.1. The topological polar surface area (TPSA) is 52.5 Å². The van der Waals surface area contributed by atoms with E-state index in [1.54, 1.807) is 0 Å². The molecule has 0 aliphatic rings. The van der Waals surface area contributed by atoms with Gasteiger partial charge >= 0.3 is 24.4 Å². The lowest BCUT2D eigenvalue weighted by atomic mass is 9.88. The maximum Gasteiger partial charge on any atom is 0.453 e. The molecule has 1 unspecified atom stereocenters. The number of hydrogen-bond donors (Lipinski definition) is 3. The predicted octanol–water partition coefficient (Wildman–Crippen LogP) is 6.16. The molecule has 0 aliphatic heterocycles. The first-order chi connectivity index (χ1) is 14.1. The largest absolute Gasteiger partial charge is 0.453 e. The van der Waals surface area contributed by atoms with E-state index in [1.807, 2.05) is 0 Å². The average Bonchev–Trinajstić information content (AvgIpc) is 2.47. The van der Waals surface area contributed by atoms with Gasteiger partial charge in [0.05, 0.1) is 0 Å². The van der Waals surface area contributed by atoms with Gasteiger partial charge in [0.25, 0.3) is 5.60 Å². The van der Waals surface area contributed by atoms with Crippen molar-refractivity contribution in [2.75, 3.05) is 0 Å². The number of benzene rings is 1. The zero-order valence-electron chi connectivity index (χ0n) is 18.9. The van der Waals surface area contributed by atoms with E-state index in [0.29, 0.717) is 0 Å². The number of aliphatic hydroxyl groups is 2. The maximum absolute atomic E-state index is 13.5. The second kappa shape index (κ2) is 9.21. The minimum absolute atomic E-state index is 0.0803. The van der Waals surface area contributed by atoms with Crippen LogP contribution in [0.2, 0.25) is 0 Å². The quantitative estimate of drug-likeness (QED) is 0.424. The molecule has 33 heavy (non-hydrogen) atoms. The van der Waals surface area contributed by atoms with Gasteiger partial charge in [-0.15, -0.1) is 0 Å². The lowest BCUT2D eigenvalue weighted by molar-refractivity contribution is -0.376. The summed E-state index contributed by atoms with van der Waals surface area (Å²) < 4.78 is 127. The third-order valence-electron chi connectivity index (χ3n) is 3.82. The Morgan fingerprint density at radius 2 is 0.909 bits per heavy atom. The van der Waals surface area contributed by atoms with Crippen LogP contribution in [0.15, 0.2) is 18.2 Å². The van der Waals surface area contributed by atoms with Crippen molar-refractivity contribution in [3.05, 3.63) is 34.9 Å². The van der Waals surface area contributed by atoms with Crippen molar-refractivity contribution in [3.63, 3.8) is 0 Å². The fourth-order valence-electron chi connectivity index (χ4n) is 2.96. The molecule has 194 valence electrons.